The van der Waals surface area contributed by atoms with Crippen LogP contribution in [0.1, 0.15) is 52.8 Å². The van der Waals surface area contributed by atoms with Gasteiger partial charge < -0.3 is 5.32 Å². The minimum absolute atomic E-state index is 0.0542. The van der Waals surface area contributed by atoms with Crippen molar-refractivity contribution in [2.24, 2.45) is 0 Å². The summed E-state index contributed by atoms with van der Waals surface area (Å²) in [5.41, 5.74) is 7.63. The van der Waals surface area contributed by atoms with E-state index in [1.807, 2.05) is 0 Å². The molecule has 3 rings (SSSR count). The number of hydrogen-bond acceptors (Lipinski definition) is 1. The van der Waals surface area contributed by atoms with Crippen molar-refractivity contribution in [1.29, 1.82) is 0 Å². The van der Waals surface area contributed by atoms with Crippen LogP contribution in [0, 0.1) is 13.8 Å². The first-order valence-corrected chi connectivity index (χ1v) is 8.50. The first kappa shape index (κ1) is 15.8. The minimum Gasteiger partial charge on any atom is -0.349 e. The van der Waals surface area contributed by atoms with E-state index < -0.39 is 0 Å². The molecule has 0 aliphatic heterocycles. The number of fused-ring (bicyclic) bond motifs is 1. The lowest BCUT2D eigenvalue weighted by Crippen LogP contribution is -2.28. The lowest BCUT2D eigenvalue weighted by molar-refractivity contribution is -0.121. The smallest absolute Gasteiger partial charge is 0.224 e. The molecule has 1 atom stereocenters. The summed E-state index contributed by atoms with van der Waals surface area (Å²) in [6, 6.07) is 13.0. The third-order valence-corrected chi connectivity index (χ3v) is 4.86. The van der Waals surface area contributed by atoms with Crippen LogP contribution in [-0.2, 0) is 24.1 Å². The maximum absolute atomic E-state index is 12.4. The van der Waals surface area contributed by atoms with E-state index in [-0.39, 0.29) is 11.9 Å². The van der Waals surface area contributed by atoms with Crippen LogP contribution in [0.3, 0.4) is 0 Å². The fourth-order valence-corrected chi connectivity index (χ4v) is 3.40. The molecular formula is C21H25NO. The van der Waals surface area contributed by atoms with Crippen molar-refractivity contribution < 1.29 is 4.79 Å². The summed E-state index contributed by atoms with van der Waals surface area (Å²) >= 11 is 0. The van der Waals surface area contributed by atoms with Crippen LogP contribution in [0.5, 0.6) is 0 Å². The van der Waals surface area contributed by atoms with Crippen molar-refractivity contribution >= 4 is 5.91 Å². The van der Waals surface area contributed by atoms with Crippen LogP contribution < -0.4 is 5.32 Å². The molecule has 0 saturated heterocycles. The zero-order valence-corrected chi connectivity index (χ0v) is 14.3. The largest absolute Gasteiger partial charge is 0.349 e. The highest BCUT2D eigenvalue weighted by Gasteiger charge is 2.15. The molecule has 0 radical (unpaired) electrons. The highest BCUT2D eigenvalue weighted by molar-refractivity contribution is 5.79. The van der Waals surface area contributed by atoms with E-state index in [2.05, 4.69) is 62.5 Å². The van der Waals surface area contributed by atoms with Crippen molar-refractivity contribution in [2.75, 3.05) is 0 Å². The number of amides is 1. The van der Waals surface area contributed by atoms with Crippen molar-refractivity contribution in [3.05, 3.63) is 69.8 Å². The molecule has 0 aromatic heterocycles. The van der Waals surface area contributed by atoms with Crippen molar-refractivity contribution in [1.82, 2.24) is 5.32 Å². The van der Waals surface area contributed by atoms with Gasteiger partial charge >= 0.3 is 0 Å². The van der Waals surface area contributed by atoms with Crippen molar-refractivity contribution in [3.8, 4) is 0 Å². The predicted molar refractivity (Wildman–Crippen MR) is 94.6 cm³/mol. The molecular weight excluding hydrogens is 282 g/mol. The molecule has 1 aliphatic carbocycles. The van der Waals surface area contributed by atoms with Gasteiger partial charge in [0.05, 0.1) is 12.5 Å². The normalized spacial score (nSPS) is 14.4. The zero-order valence-electron chi connectivity index (χ0n) is 14.3. The van der Waals surface area contributed by atoms with E-state index in [0.717, 1.165) is 5.56 Å². The average molecular weight is 307 g/mol. The predicted octanol–water partition coefficient (Wildman–Crippen LogP) is 4.21. The number of aryl methyl sites for hydroxylation is 4. The number of carbonyl (C=O) groups is 1. The summed E-state index contributed by atoms with van der Waals surface area (Å²) in [6.45, 7) is 6.19. The molecule has 0 bridgehead atoms. The Morgan fingerprint density at radius 3 is 2.70 bits per heavy atom. The van der Waals surface area contributed by atoms with Crippen LogP contribution in [0.2, 0.25) is 0 Å². The first-order chi connectivity index (χ1) is 11.0. The number of rotatable bonds is 4. The fourth-order valence-electron chi connectivity index (χ4n) is 3.40. The fraction of sp³-hybridized carbons (Fsp3) is 0.381. The molecule has 1 aliphatic rings. The number of carbonyl (C=O) groups excluding carboxylic acids is 1. The molecule has 1 amide bonds. The van der Waals surface area contributed by atoms with E-state index in [1.54, 1.807) is 0 Å². The molecule has 2 aromatic carbocycles. The molecule has 1 unspecified atom stereocenters. The third-order valence-electron chi connectivity index (χ3n) is 4.86. The minimum atomic E-state index is 0.0542. The molecule has 2 aromatic rings. The lowest BCUT2D eigenvalue weighted by atomic mass is 10.0. The van der Waals surface area contributed by atoms with Gasteiger partial charge in [-0.25, -0.2) is 0 Å². The van der Waals surface area contributed by atoms with E-state index in [9.17, 15) is 4.79 Å². The monoisotopic (exact) mass is 307 g/mol. The van der Waals surface area contributed by atoms with Crippen LogP contribution in [0.15, 0.2) is 36.4 Å². The quantitative estimate of drug-likeness (QED) is 0.900. The third kappa shape index (κ3) is 3.64. The molecule has 1 N–H and O–H groups in total. The molecule has 2 heteroatoms. The Kier molecular flexibility index (Phi) is 4.51. The Bertz CT molecular complexity index is 733. The highest BCUT2D eigenvalue weighted by Crippen LogP contribution is 2.25. The second-order valence-corrected chi connectivity index (χ2v) is 6.78. The van der Waals surface area contributed by atoms with E-state index in [1.165, 1.54) is 47.1 Å². The van der Waals surface area contributed by atoms with Gasteiger partial charge in [0.1, 0.15) is 0 Å². The van der Waals surface area contributed by atoms with Gasteiger partial charge in [0.2, 0.25) is 5.91 Å². The van der Waals surface area contributed by atoms with E-state index in [0.29, 0.717) is 6.42 Å². The summed E-state index contributed by atoms with van der Waals surface area (Å²) in [5, 5.41) is 3.14. The second kappa shape index (κ2) is 6.57. The molecule has 0 heterocycles. The summed E-state index contributed by atoms with van der Waals surface area (Å²) < 4.78 is 0. The van der Waals surface area contributed by atoms with Gasteiger partial charge in [-0.2, -0.15) is 0 Å². The number of hydrogen-bond donors (Lipinski definition) is 1. The first-order valence-electron chi connectivity index (χ1n) is 8.50. The SMILES string of the molecule is Cc1ccc(C)c(CC(=O)NC(C)c2ccc3c(c2)CCC3)c1. The molecule has 0 spiro atoms. The second-order valence-electron chi connectivity index (χ2n) is 6.78. The number of nitrogens with one attached hydrogen (secondary N) is 1. The molecule has 0 saturated carbocycles. The molecule has 2 nitrogen and oxygen atoms in total. The Hall–Kier alpha value is -2.09. The zero-order chi connectivity index (χ0) is 16.4. The standard InChI is InChI=1S/C21H25NO/c1-14-7-8-15(2)20(11-14)13-21(23)22-16(3)18-10-9-17-5-4-6-19(17)12-18/h7-12,16H,4-6,13H2,1-3H3,(H,22,23). The highest BCUT2D eigenvalue weighted by atomic mass is 16.1. The Morgan fingerprint density at radius 2 is 1.87 bits per heavy atom. The molecule has 23 heavy (non-hydrogen) atoms. The maximum Gasteiger partial charge on any atom is 0.224 e. The van der Waals surface area contributed by atoms with Crippen LogP contribution in [-0.4, -0.2) is 5.91 Å². The number of benzene rings is 2. The summed E-state index contributed by atoms with van der Waals surface area (Å²) in [5.74, 6) is 0.0895. The maximum atomic E-state index is 12.4. The molecule has 120 valence electrons. The molecule has 0 fully saturated rings. The van der Waals surface area contributed by atoms with Crippen molar-refractivity contribution in [2.45, 2.75) is 52.5 Å². The van der Waals surface area contributed by atoms with Gasteiger partial charge in [-0.1, -0.05) is 42.0 Å². The topological polar surface area (TPSA) is 29.1 Å². The van der Waals surface area contributed by atoms with Gasteiger partial charge in [-0.3, -0.25) is 4.79 Å². The van der Waals surface area contributed by atoms with Gasteiger partial charge in [-0.05, 0) is 67.9 Å². The Balaban J connectivity index is 1.66. The van der Waals surface area contributed by atoms with Gasteiger partial charge in [0, 0.05) is 0 Å². The summed E-state index contributed by atoms with van der Waals surface area (Å²) in [4.78, 5) is 12.4. The Labute approximate surface area is 138 Å². The lowest BCUT2D eigenvalue weighted by Gasteiger charge is -2.16. The van der Waals surface area contributed by atoms with Gasteiger partial charge in [-0.15, -0.1) is 0 Å². The van der Waals surface area contributed by atoms with Gasteiger partial charge in [0.15, 0.2) is 0 Å². The Morgan fingerprint density at radius 1 is 1.09 bits per heavy atom. The van der Waals surface area contributed by atoms with Crippen LogP contribution in [0.4, 0.5) is 0 Å². The van der Waals surface area contributed by atoms with Crippen LogP contribution >= 0.6 is 0 Å². The summed E-state index contributed by atoms with van der Waals surface area (Å²) in [7, 11) is 0. The van der Waals surface area contributed by atoms with Crippen LogP contribution in [0.25, 0.3) is 0 Å². The van der Waals surface area contributed by atoms with Crippen molar-refractivity contribution in [3.63, 3.8) is 0 Å². The summed E-state index contributed by atoms with van der Waals surface area (Å²) in [6.07, 6.45) is 4.07. The van der Waals surface area contributed by atoms with E-state index >= 15 is 0 Å². The van der Waals surface area contributed by atoms with Gasteiger partial charge in [0.25, 0.3) is 0 Å². The van der Waals surface area contributed by atoms with E-state index in [4.69, 9.17) is 0 Å². The average Bonchev–Trinajstić information content (AvgIpc) is 2.98.